The van der Waals surface area contributed by atoms with Gasteiger partial charge in [0.1, 0.15) is 5.54 Å². The number of nitrogens with one attached hydrogen (secondary N) is 1. The SMILES string of the molecule is CC(C)c1ccc(S(=O)(=O)N2CCNC(=O)C23CCCC3)cc1. The van der Waals surface area contributed by atoms with Crippen molar-refractivity contribution in [2.75, 3.05) is 13.1 Å². The first-order valence-electron chi connectivity index (χ1n) is 8.29. The van der Waals surface area contributed by atoms with Crippen LogP contribution in [0.5, 0.6) is 0 Å². The predicted octanol–water partition coefficient (Wildman–Crippen LogP) is 2.24. The molecule has 126 valence electrons. The van der Waals surface area contributed by atoms with E-state index < -0.39 is 15.6 Å². The first kappa shape index (κ1) is 16.5. The fourth-order valence-corrected chi connectivity index (χ4v) is 5.49. The molecule has 2 aliphatic rings. The molecule has 1 aromatic rings. The van der Waals surface area contributed by atoms with E-state index in [0.717, 1.165) is 18.4 Å². The van der Waals surface area contributed by atoms with Gasteiger partial charge in [-0.05, 0) is 36.5 Å². The van der Waals surface area contributed by atoms with E-state index >= 15 is 0 Å². The molecule has 5 nitrogen and oxygen atoms in total. The van der Waals surface area contributed by atoms with Gasteiger partial charge in [0.15, 0.2) is 0 Å². The van der Waals surface area contributed by atoms with Crippen LogP contribution in [-0.2, 0) is 14.8 Å². The summed E-state index contributed by atoms with van der Waals surface area (Å²) < 4.78 is 27.7. The molecule has 1 saturated heterocycles. The zero-order valence-corrected chi connectivity index (χ0v) is 14.5. The summed E-state index contributed by atoms with van der Waals surface area (Å²) in [5, 5.41) is 2.85. The van der Waals surface area contributed by atoms with Gasteiger partial charge >= 0.3 is 0 Å². The maximum Gasteiger partial charge on any atom is 0.244 e. The van der Waals surface area contributed by atoms with Crippen molar-refractivity contribution < 1.29 is 13.2 Å². The van der Waals surface area contributed by atoms with E-state index in [4.69, 9.17) is 0 Å². The Kier molecular flexibility index (Phi) is 4.23. The van der Waals surface area contributed by atoms with Crippen LogP contribution in [0.2, 0.25) is 0 Å². The molecule has 1 N–H and O–H groups in total. The van der Waals surface area contributed by atoms with E-state index in [1.165, 1.54) is 4.31 Å². The second-order valence-electron chi connectivity index (χ2n) is 6.80. The van der Waals surface area contributed by atoms with Gasteiger partial charge in [-0.15, -0.1) is 0 Å². The summed E-state index contributed by atoms with van der Waals surface area (Å²) in [7, 11) is -3.66. The normalized spacial score (nSPS) is 21.8. The summed E-state index contributed by atoms with van der Waals surface area (Å²) in [6, 6.07) is 7.06. The van der Waals surface area contributed by atoms with Crippen molar-refractivity contribution in [2.24, 2.45) is 0 Å². The van der Waals surface area contributed by atoms with Gasteiger partial charge in [-0.25, -0.2) is 8.42 Å². The van der Waals surface area contributed by atoms with E-state index in [-0.39, 0.29) is 10.8 Å². The minimum Gasteiger partial charge on any atom is -0.353 e. The molecule has 1 aliphatic carbocycles. The Morgan fingerprint density at radius 2 is 1.74 bits per heavy atom. The highest BCUT2D eigenvalue weighted by Gasteiger charge is 2.53. The second kappa shape index (κ2) is 5.91. The van der Waals surface area contributed by atoms with Crippen molar-refractivity contribution in [1.82, 2.24) is 9.62 Å². The number of hydrogen-bond donors (Lipinski definition) is 1. The average molecular weight is 336 g/mol. The van der Waals surface area contributed by atoms with Gasteiger partial charge in [0.2, 0.25) is 15.9 Å². The van der Waals surface area contributed by atoms with E-state index in [1.807, 2.05) is 12.1 Å². The molecule has 0 radical (unpaired) electrons. The van der Waals surface area contributed by atoms with Gasteiger partial charge < -0.3 is 5.32 Å². The van der Waals surface area contributed by atoms with Gasteiger partial charge in [-0.1, -0.05) is 38.8 Å². The molecular formula is C17H24N2O3S. The van der Waals surface area contributed by atoms with Crippen LogP contribution in [-0.4, -0.2) is 37.3 Å². The van der Waals surface area contributed by atoms with Crippen LogP contribution in [0.15, 0.2) is 29.2 Å². The number of carbonyl (C=O) groups is 1. The number of hydrogen-bond acceptors (Lipinski definition) is 3. The number of carbonyl (C=O) groups excluding carboxylic acids is 1. The molecule has 2 fully saturated rings. The second-order valence-corrected chi connectivity index (χ2v) is 8.66. The van der Waals surface area contributed by atoms with Crippen LogP contribution in [0.3, 0.4) is 0 Å². The van der Waals surface area contributed by atoms with Gasteiger partial charge in [0.05, 0.1) is 4.90 Å². The number of amides is 1. The van der Waals surface area contributed by atoms with Crippen LogP contribution in [0.1, 0.15) is 51.0 Å². The minimum atomic E-state index is -3.66. The molecule has 0 bridgehead atoms. The molecule has 23 heavy (non-hydrogen) atoms. The molecule has 1 aliphatic heterocycles. The Balaban J connectivity index is 1.99. The van der Waals surface area contributed by atoms with E-state index in [9.17, 15) is 13.2 Å². The van der Waals surface area contributed by atoms with Crippen LogP contribution < -0.4 is 5.32 Å². The number of piperazine rings is 1. The lowest BCUT2D eigenvalue weighted by Crippen LogP contribution is -2.64. The zero-order chi connectivity index (χ0) is 16.7. The van der Waals surface area contributed by atoms with Gasteiger partial charge in [0.25, 0.3) is 0 Å². The average Bonchev–Trinajstić information content (AvgIpc) is 3.00. The Hall–Kier alpha value is -1.40. The van der Waals surface area contributed by atoms with E-state index in [1.54, 1.807) is 12.1 Å². The molecule has 1 spiro atoms. The van der Waals surface area contributed by atoms with Crippen molar-refractivity contribution in [3.05, 3.63) is 29.8 Å². The maximum atomic E-state index is 13.1. The molecular weight excluding hydrogens is 312 g/mol. The standard InChI is InChI=1S/C17H24N2O3S/c1-13(2)14-5-7-15(8-6-14)23(21,22)19-12-11-18-16(20)17(19)9-3-4-10-17/h5-8,13H,3-4,9-12H2,1-2H3,(H,18,20). The van der Waals surface area contributed by atoms with Crippen molar-refractivity contribution in [2.45, 2.75) is 55.9 Å². The lowest BCUT2D eigenvalue weighted by atomic mass is 9.94. The smallest absolute Gasteiger partial charge is 0.244 e. The largest absolute Gasteiger partial charge is 0.353 e. The molecule has 1 saturated carbocycles. The van der Waals surface area contributed by atoms with Crippen molar-refractivity contribution in [3.8, 4) is 0 Å². The molecule has 0 unspecified atom stereocenters. The maximum absolute atomic E-state index is 13.1. The van der Waals surface area contributed by atoms with Crippen molar-refractivity contribution in [1.29, 1.82) is 0 Å². The Morgan fingerprint density at radius 3 is 2.30 bits per heavy atom. The van der Waals surface area contributed by atoms with Crippen LogP contribution in [0.4, 0.5) is 0 Å². The Labute approximate surface area is 138 Å². The summed E-state index contributed by atoms with van der Waals surface area (Å²) in [5.74, 6) is 0.220. The van der Waals surface area contributed by atoms with Crippen LogP contribution in [0.25, 0.3) is 0 Å². The van der Waals surface area contributed by atoms with Crippen molar-refractivity contribution in [3.63, 3.8) is 0 Å². The quantitative estimate of drug-likeness (QED) is 0.920. The van der Waals surface area contributed by atoms with Gasteiger partial charge in [-0.2, -0.15) is 4.31 Å². The molecule has 1 heterocycles. The Bertz CT molecular complexity index is 689. The molecule has 0 aromatic heterocycles. The van der Waals surface area contributed by atoms with Gasteiger partial charge in [0, 0.05) is 13.1 Å². The zero-order valence-electron chi connectivity index (χ0n) is 13.7. The number of benzene rings is 1. The topological polar surface area (TPSA) is 66.5 Å². The third-order valence-electron chi connectivity index (χ3n) is 5.07. The van der Waals surface area contributed by atoms with E-state index in [0.29, 0.717) is 31.8 Å². The summed E-state index contributed by atoms with van der Waals surface area (Å²) in [4.78, 5) is 12.7. The molecule has 3 rings (SSSR count). The third-order valence-corrected chi connectivity index (χ3v) is 7.05. The summed E-state index contributed by atoms with van der Waals surface area (Å²) >= 11 is 0. The minimum absolute atomic E-state index is 0.136. The van der Waals surface area contributed by atoms with Crippen LogP contribution in [0, 0.1) is 0 Å². The fraction of sp³-hybridized carbons (Fsp3) is 0.588. The number of rotatable bonds is 3. The number of sulfonamides is 1. The van der Waals surface area contributed by atoms with E-state index in [2.05, 4.69) is 19.2 Å². The highest BCUT2D eigenvalue weighted by Crippen LogP contribution is 2.40. The molecule has 1 amide bonds. The third kappa shape index (κ3) is 2.68. The number of nitrogens with zero attached hydrogens (tertiary/aromatic N) is 1. The first-order valence-corrected chi connectivity index (χ1v) is 9.73. The molecule has 0 atom stereocenters. The molecule has 6 heteroatoms. The van der Waals surface area contributed by atoms with Crippen LogP contribution >= 0.6 is 0 Å². The molecule has 1 aromatic carbocycles. The highest BCUT2D eigenvalue weighted by atomic mass is 32.2. The lowest BCUT2D eigenvalue weighted by molar-refractivity contribution is -0.133. The lowest BCUT2D eigenvalue weighted by Gasteiger charge is -2.42. The van der Waals surface area contributed by atoms with Gasteiger partial charge in [-0.3, -0.25) is 4.79 Å². The fourth-order valence-electron chi connectivity index (χ4n) is 3.70. The first-order chi connectivity index (χ1) is 10.9. The predicted molar refractivity (Wildman–Crippen MR) is 88.6 cm³/mol. The van der Waals surface area contributed by atoms with Crippen molar-refractivity contribution >= 4 is 15.9 Å². The Morgan fingerprint density at radius 1 is 1.13 bits per heavy atom. The summed E-state index contributed by atoms with van der Waals surface area (Å²) in [6.45, 7) is 4.88. The monoisotopic (exact) mass is 336 g/mol. The summed E-state index contributed by atoms with van der Waals surface area (Å²) in [5.41, 5.74) is 0.226. The highest BCUT2D eigenvalue weighted by molar-refractivity contribution is 7.89. The summed E-state index contributed by atoms with van der Waals surface area (Å²) in [6.07, 6.45) is 3.02.